The molecule has 4 rings (SSSR count). The second kappa shape index (κ2) is 9.95. The standard InChI is InChI=1S/C24H26N4O3/c29-23(17-25-24(30)22-7-4-16-31-22)26-20-8-10-21(11-9-20)28-14-12-27(13-15-28)18-19-5-2-1-3-6-19/h1-11,16H,12-15,17-18H2,(H,25,30)(H,26,29). The summed E-state index contributed by atoms with van der Waals surface area (Å²) in [5.41, 5.74) is 3.18. The fourth-order valence-corrected chi connectivity index (χ4v) is 3.62. The van der Waals surface area contributed by atoms with Gasteiger partial charge in [0.2, 0.25) is 5.91 Å². The van der Waals surface area contributed by atoms with Crippen LogP contribution in [0.5, 0.6) is 0 Å². The number of nitrogens with zero attached hydrogens (tertiary/aromatic N) is 2. The third-order valence-corrected chi connectivity index (χ3v) is 5.29. The molecule has 7 nitrogen and oxygen atoms in total. The summed E-state index contributed by atoms with van der Waals surface area (Å²) in [6.45, 7) is 4.83. The molecule has 31 heavy (non-hydrogen) atoms. The Balaban J connectivity index is 1.22. The zero-order chi connectivity index (χ0) is 21.5. The Morgan fingerprint density at radius 3 is 2.29 bits per heavy atom. The minimum absolute atomic E-state index is 0.120. The Kier molecular flexibility index (Phi) is 6.64. The molecule has 7 heteroatoms. The molecule has 0 spiro atoms. The van der Waals surface area contributed by atoms with E-state index in [9.17, 15) is 9.59 Å². The molecule has 2 aromatic carbocycles. The van der Waals surface area contributed by atoms with Crippen LogP contribution in [0.1, 0.15) is 16.1 Å². The summed E-state index contributed by atoms with van der Waals surface area (Å²) in [4.78, 5) is 28.7. The first-order chi connectivity index (χ1) is 15.2. The summed E-state index contributed by atoms with van der Waals surface area (Å²) in [7, 11) is 0. The van der Waals surface area contributed by atoms with Gasteiger partial charge in [-0.15, -0.1) is 0 Å². The van der Waals surface area contributed by atoms with Crippen molar-refractivity contribution in [2.24, 2.45) is 0 Å². The lowest BCUT2D eigenvalue weighted by Gasteiger charge is -2.36. The van der Waals surface area contributed by atoms with Crippen molar-refractivity contribution in [2.45, 2.75) is 6.54 Å². The zero-order valence-corrected chi connectivity index (χ0v) is 17.3. The molecule has 0 bridgehead atoms. The summed E-state index contributed by atoms with van der Waals surface area (Å²) < 4.78 is 5.00. The summed E-state index contributed by atoms with van der Waals surface area (Å²) in [5.74, 6) is -0.523. The molecule has 0 radical (unpaired) electrons. The van der Waals surface area contributed by atoms with Gasteiger partial charge in [-0.3, -0.25) is 14.5 Å². The Morgan fingerprint density at radius 1 is 0.871 bits per heavy atom. The zero-order valence-electron chi connectivity index (χ0n) is 17.3. The van der Waals surface area contributed by atoms with Crippen LogP contribution in [0.15, 0.2) is 77.4 Å². The third-order valence-electron chi connectivity index (χ3n) is 5.29. The number of hydrogen-bond donors (Lipinski definition) is 2. The van der Waals surface area contributed by atoms with Crippen molar-refractivity contribution in [1.29, 1.82) is 0 Å². The number of furan rings is 1. The van der Waals surface area contributed by atoms with Gasteiger partial charge < -0.3 is 20.0 Å². The van der Waals surface area contributed by atoms with E-state index in [0.29, 0.717) is 5.69 Å². The van der Waals surface area contributed by atoms with Gasteiger partial charge in [0.05, 0.1) is 12.8 Å². The number of amides is 2. The summed E-state index contributed by atoms with van der Waals surface area (Å²) in [5, 5.41) is 5.33. The third kappa shape index (κ3) is 5.73. The normalized spacial score (nSPS) is 14.3. The SMILES string of the molecule is O=C(CNC(=O)c1ccco1)Nc1ccc(N2CCN(Cc3ccccc3)CC2)cc1. The van der Waals surface area contributed by atoms with E-state index < -0.39 is 5.91 Å². The molecule has 160 valence electrons. The lowest BCUT2D eigenvalue weighted by atomic mass is 10.2. The van der Waals surface area contributed by atoms with Gasteiger partial charge in [0.15, 0.2) is 5.76 Å². The highest BCUT2D eigenvalue weighted by molar-refractivity contribution is 5.98. The fourth-order valence-electron chi connectivity index (χ4n) is 3.62. The van der Waals surface area contributed by atoms with Gasteiger partial charge in [-0.25, -0.2) is 0 Å². The van der Waals surface area contributed by atoms with Crippen molar-refractivity contribution in [2.75, 3.05) is 42.9 Å². The Morgan fingerprint density at radius 2 is 1.61 bits per heavy atom. The van der Waals surface area contributed by atoms with Gasteiger partial charge in [-0.2, -0.15) is 0 Å². The molecule has 1 aromatic heterocycles. The average molecular weight is 418 g/mol. The van der Waals surface area contributed by atoms with Crippen LogP contribution in [0.2, 0.25) is 0 Å². The predicted octanol–water partition coefficient (Wildman–Crippen LogP) is 2.97. The van der Waals surface area contributed by atoms with E-state index >= 15 is 0 Å². The van der Waals surface area contributed by atoms with Gasteiger partial charge in [0.25, 0.3) is 5.91 Å². The summed E-state index contributed by atoms with van der Waals surface area (Å²) >= 11 is 0. The largest absolute Gasteiger partial charge is 0.459 e. The minimum Gasteiger partial charge on any atom is -0.459 e. The highest BCUT2D eigenvalue weighted by Crippen LogP contribution is 2.20. The van der Waals surface area contributed by atoms with Gasteiger partial charge >= 0.3 is 0 Å². The smallest absolute Gasteiger partial charge is 0.287 e. The molecule has 1 fully saturated rings. The number of hydrogen-bond acceptors (Lipinski definition) is 5. The molecule has 1 aliphatic heterocycles. The molecule has 0 saturated carbocycles. The maximum Gasteiger partial charge on any atom is 0.287 e. The van der Waals surface area contributed by atoms with Crippen LogP contribution in [-0.2, 0) is 11.3 Å². The van der Waals surface area contributed by atoms with Gasteiger partial charge in [0, 0.05) is 44.1 Å². The second-order valence-corrected chi connectivity index (χ2v) is 7.50. The topological polar surface area (TPSA) is 77.8 Å². The van der Waals surface area contributed by atoms with Crippen LogP contribution in [0.4, 0.5) is 11.4 Å². The lowest BCUT2D eigenvalue weighted by molar-refractivity contribution is -0.115. The maximum absolute atomic E-state index is 12.1. The van der Waals surface area contributed by atoms with E-state index in [1.165, 1.54) is 11.8 Å². The highest BCUT2D eigenvalue weighted by atomic mass is 16.3. The van der Waals surface area contributed by atoms with Crippen molar-refractivity contribution in [3.05, 3.63) is 84.3 Å². The average Bonchev–Trinajstić information content (AvgIpc) is 3.35. The minimum atomic E-state index is -0.415. The van der Waals surface area contributed by atoms with E-state index in [1.807, 2.05) is 30.3 Å². The molecule has 0 atom stereocenters. The van der Waals surface area contributed by atoms with Crippen LogP contribution >= 0.6 is 0 Å². The van der Waals surface area contributed by atoms with Crippen molar-refractivity contribution in [3.63, 3.8) is 0 Å². The van der Waals surface area contributed by atoms with Crippen LogP contribution in [0.3, 0.4) is 0 Å². The molecule has 2 N–H and O–H groups in total. The number of carbonyl (C=O) groups is 2. The van der Waals surface area contributed by atoms with Crippen LogP contribution in [-0.4, -0.2) is 49.4 Å². The molecular weight excluding hydrogens is 392 g/mol. The Bertz CT molecular complexity index is 979. The molecule has 0 unspecified atom stereocenters. The molecule has 1 saturated heterocycles. The van der Waals surface area contributed by atoms with E-state index in [-0.39, 0.29) is 18.2 Å². The van der Waals surface area contributed by atoms with E-state index in [4.69, 9.17) is 4.42 Å². The van der Waals surface area contributed by atoms with Crippen molar-refractivity contribution < 1.29 is 14.0 Å². The molecule has 3 aromatic rings. The predicted molar refractivity (Wildman–Crippen MR) is 120 cm³/mol. The Hall–Kier alpha value is -3.58. The number of benzene rings is 2. The maximum atomic E-state index is 12.1. The van der Waals surface area contributed by atoms with Crippen molar-refractivity contribution in [1.82, 2.24) is 10.2 Å². The van der Waals surface area contributed by atoms with E-state index in [1.54, 1.807) is 12.1 Å². The first kappa shape index (κ1) is 20.7. The first-order valence-corrected chi connectivity index (χ1v) is 10.4. The number of anilines is 2. The van der Waals surface area contributed by atoms with Crippen LogP contribution in [0, 0.1) is 0 Å². The number of piperazine rings is 1. The van der Waals surface area contributed by atoms with Crippen LogP contribution in [0.25, 0.3) is 0 Å². The molecule has 2 amide bonds. The highest BCUT2D eigenvalue weighted by Gasteiger charge is 2.17. The molecule has 2 heterocycles. The van der Waals surface area contributed by atoms with Crippen molar-refractivity contribution in [3.8, 4) is 0 Å². The Labute approximate surface area is 181 Å². The number of rotatable bonds is 7. The summed E-state index contributed by atoms with van der Waals surface area (Å²) in [6.07, 6.45) is 1.42. The second-order valence-electron chi connectivity index (χ2n) is 7.50. The lowest BCUT2D eigenvalue weighted by Crippen LogP contribution is -2.45. The van der Waals surface area contributed by atoms with Gasteiger partial charge in [-0.05, 0) is 42.0 Å². The van der Waals surface area contributed by atoms with E-state index in [0.717, 1.165) is 38.4 Å². The van der Waals surface area contributed by atoms with Crippen LogP contribution < -0.4 is 15.5 Å². The van der Waals surface area contributed by atoms with Gasteiger partial charge in [-0.1, -0.05) is 30.3 Å². The molecular formula is C24H26N4O3. The monoisotopic (exact) mass is 418 g/mol. The molecule has 0 aliphatic carbocycles. The summed E-state index contributed by atoms with van der Waals surface area (Å²) in [6, 6.07) is 21.5. The van der Waals surface area contributed by atoms with Crippen molar-refractivity contribution >= 4 is 23.2 Å². The number of carbonyl (C=O) groups excluding carboxylic acids is 2. The van der Waals surface area contributed by atoms with Gasteiger partial charge in [0.1, 0.15) is 0 Å². The fraction of sp³-hybridized carbons (Fsp3) is 0.250. The quantitative estimate of drug-likeness (QED) is 0.617. The number of nitrogens with one attached hydrogen (secondary N) is 2. The molecule has 1 aliphatic rings. The first-order valence-electron chi connectivity index (χ1n) is 10.4. The van der Waals surface area contributed by atoms with E-state index in [2.05, 4.69) is 44.7 Å².